The second-order valence-electron chi connectivity index (χ2n) is 5.29. The van der Waals surface area contributed by atoms with Crippen molar-refractivity contribution in [3.63, 3.8) is 0 Å². The molecule has 0 aromatic carbocycles. The maximum atomic E-state index is 13.4. The Morgan fingerprint density at radius 2 is 1.96 bits per heavy atom. The molecule has 1 unspecified atom stereocenters. The molecule has 1 N–H and O–H groups in total. The van der Waals surface area contributed by atoms with Gasteiger partial charge in [0.25, 0.3) is 11.4 Å². The van der Waals surface area contributed by atoms with Gasteiger partial charge >= 0.3 is 19.3 Å². The highest BCUT2D eigenvalue weighted by Crippen LogP contribution is 2.53. The number of ether oxygens (including phenoxy) is 2. The quantitative estimate of drug-likeness (QED) is 0.405. The van der Waals surface area contributed by atoms with Crippen molar-refractivity contribution in [1.82, 2.24) is 9.55 Å². The number of carbonyl (C=O) groups excluding carboxylic acids is 1. The molecule has 1 heterocycles. The second kappa shape index (κ2) is 8.09. The number of H-pyrrole nitrogens is 1. The van der Waals surface area contributed by atoms with E-state index >= 15 is 0 Å². The Kier molecular flexibility index (Phi) is 6.30. The van der Waals surface area contributed by atoms with E-state index in [0.717, 1.165) is 32.1 Å². The van der Waals surface area contributed by atoms with Crippen molar-refractivity contribution >= 4 is 13.6 Å². The lowest BCUT2D eigenvalue weighted by Crippen LogP contribution is -2.34. The normalized spacial score (nSPS) is 20.9. The lowest BCUT2D eigenvalue weighted by atomic mass is 10.2. The maximum Gasteiger partial charge on any atom is 0.370 e. The molecule has 12 heteroatoms. The Bertz CT molecular complexity index is 855. The van der Waals surface area contributed by atoms with Crippen LogP contribution in [0.2, 0.25) is 0 Å². The van der Waals surface area contributed by atoms with Crippen LogP contribution in [0.25, 0.3) is 0 Å². The highest BCUT2D eigenvalue weighted by atomic mass is 31.2. The van der Waals surface area contributed by atoms with Gasteiger partial charge in [-0.2, -0.15) is 4.39 Å². The van der Waals surface area contributed by atoms with Crippen molar-refractivity contribution in [1.29, 1.82) is 0 Å². The number of hydrogen-bond donors (Lipinski definition) is 1. The maximum absolute atomic E-state index is 13.4. The average Bonchev–Trinajstić information content (AvgIpc) is 3.09. The summed E-state index contributed by atoms with van der Waals surface area (Å²) in [5.41, 5.74) is -1.91. The van der Waals surface area contributed by atoms with E-state index in [1.807, 2.05) is 4.98 Å². The number of aromatic nitrogens is 2. The molecule has 0 saturated heterocycles. The molecular weight excluding hydrogens is 374 g/mol. The van der Waals surface area contributed by atoms with Crippen LogP contribution in [0.1, 0.15) is 12.5 Å². The molecule has 0 aliphatic heterocycles. The Labute approximate surface area is 147 Å². The first-order valence-electron chi connectivity index (χ1n) is 7.39. The van der Waals surface area contributed by atoms with Crippen molar-refractivity contribution in [2.45, 2.75) is 24.4 Å². The first kappa shape index (κ1) is 20.2. The number of allylic oxidation sites excluding steroid dienone is 1. The fourth-order valence-electron chi connectivity index (χ4n) is 2.45. The Morgan fingerprint density at radius 3 is 2.54 bits per heavy atom. The number of aromatic amines is 1. The van der Waals surface area contributed by atoms with E-state index < -0.39 is 48.6 Å². The van der Waals surface area contributed by atoms with E-state index in [1.165, 1.54) is 12.2 Å². The number of carbonyl (C=O) groups is 1. The summed E-state index contributed by atoms with van der Waals surface area (Å²) in [6.45, 7) is 0. The predicted molar refractivity (Wildman–Crippen MR) is 86.4 cm³/mol. The molecule has 1 aliphatic carbocycles. The molecule has 0 fully saturated rings. The summed E-state index contributed by atoms with van der Waals surface area (Å²) in [4.78, 5) is 36.7. The third-order valence-corrected chi connectivity index (χ3v) is 5.73. The molecule has 0 spiro atoms. The summed E-state index contributed by atoms with van der Waals surface area (Å²) >= 11 is 0. The van der Waals surface area contributed by atoms with E-state index in [1.54, 1.807) is 0 Å². The number of nitrogens with zero attached hydrogens (tertiary/aromatic N) is 1. The molecule has 10 nitrogen and oxygen atoms in total. The van der Waals surface area contributed by atoms with Crippen LogP contribution in [0, 0.1) is 5.82 Å². The third kappa shape index (κ3) is 4.01. The molecule has 1 aromatic rings. The number of hydrogen-bond acceptors (Lipinski definition) is 8. The van der Waals surface area contributed by atoms with Crippen molar-refractivity contribution in [3.8, 4) is 0 Å². The highest BCUT2D eigenvalue weighted by molar-refractivity contribution is 7.55. The van der Waals surface area contributed by atoms with Crippen molar-refractivity contribution < 1.29 is 32.3 Å². The van der Waals surface area contributed by atoms with Crippen molar-refractivity contribution in [2.75, 3.05) is 21.3 Å². The summed E-state index contributed by atoms with van der Waals surface area (Å²) < 4.78 is 46.5. The average molecular weight is 392 g/mol. The molecule has 0 saturated carbocycles. The van der Waals surface area contributed by atoms with Crippen LogP contribution in [0.15, 0.2) is 27.9 Å². The van der Waals surface area contributed by atoms with Gasteiger partial charge in [-0.1, -0.05) is 12.2 Å². The molecule has 0 amide bonds. The smallest absolute Gasteiger partial charge is 0.370 e. The van der Waals surface area contributed by atoms with Gasteiger partial charge in [-0.15, -0.1) is 0 Å². The van der Waals surface area contributed by atoms with E-state index in [4.69, 9.17) is 13.8 Å². The minimum absolute atomic E-state index is 0.117. The van der Waals surface area contributed by atoms with Crippen LogP contribution in [0.3, 0.4) is 0 Å². The summed E-state index contributed by atoms with van der Waals surface area (Å²) in [6.07, 6.45) is 3.18. The number of halogens is 1. The Balaban J connectivity index is 2.20. The van der Waals surface area contributed by atoms with Gasteiger partial charge in [-0.05, 0) is 0 Å². The minimum Gasteiger partial charge on any atom is -0.467 e. The zero-order valence-electron chi connectivity index (χ0n) is 14.2. The van der Waals surface area contributed by atoms with Gasteiger partial charge in [0.1, 0.15) is 0 Å². The molecule has 3 atom stereocenters. The summed E-state index contributed by atoms with van der Waals surface area (Å²) in [6, 6.07) is -0.637. The molecule has 144 valence electrons. The van der Waals surface area contributed by atoms with Gasteiger partial charge < -0.3 is 18.5 Å². The van der Waals surface area contributed by atoms with Gasteiger partial charge in [0.15, 0.2) is 0 Å². The fourth-order valence-corrected chi connectivity index (χ4v) is 3.65. The zero-order chi connectivity index (χ0) is 19.5. The van der Waals surface area contributed by atoms with E-state index in [0.29, 0.717) is 0 Å². The van der Waals surface area contributed by atoms with Gasteiger partial charge in [-0.3, -0.25) is 18.9 Å². The number of rotatable bonds is 7. The topological polar surface area (TPSA) is 126 Å². The summed E-state index contributed by atoms with van der Waals surface area (Å²) in [5, 5.41) is 0. The molecule has 0 radical (unpaired) electrons. The summed E-state index contributed by atoms with van der Waals surface area (Å²) in [7, 11) is -0.658. The number of esters is 1. The largest absolute Gasteiger partial charge is 0.467 e. The lowest BCUT2D eigenvalue weighted by molar-refractivity contribution is -0.151. The van der Waals surface area contributed by atoms with E-state index in [9.17, 15) is 23.3 Å². The van der Waals surface area contributed by atoms with Crippen LogP contribution >= 0.6 is 7.60 Å². The van der Waals surface area contributed by atoms with Gasteiger partial charge in [0.2, 0.25) is 5.82 Å². The molecular formula is C14H18FN2O8P. The number of nitrogens with one attached hydrogen (secondary N) is 1. The Hall–Kier alpha value is -2.07. The van der Waals surface area contributed by atoms with Crippen LogP contribution in [0.5, 0.6) is 0 Å². The van der Waals surface area contributed by atoms with Crippen LogP contribution in [-0.2, 0) is 27.9 Å². The minimum atomic E-state index is -3.94. The first-order valence-corrected chi connectivity index (χ1v) is 9.00. The summed E-state index contributed by atoms with van der Waals surface area (Å²) in [5.74, 6) is -3.71. The van der Waals surface area contributed by atoms with Crippen molar-refractivity contribution in [2.24, 2.45) is 0 Å². The van der Waals surface area contributed by atoms with E-state index in [-0.39, 0.29) is 6.42 Å². The van der Waals surface area contributed by atoms with Gasteiger partial charge in [-0.25, -0.2) is 9.59 Å². The molecule has 2 rings (SSSR count). The Morgan fingerprint density at radius 1 is 1.31 bits per heavy atom. The van der Waals surface area contributed by atoms with Gasteiger partial charge in [0.05, 0.1) is 25.5 Å². The first-order chi connectivity index (χ1) is 12.3. The molecule has 26 heavy (non-hydrogen) atoms. The third-order valence-electron chi connectivity index (χ3n) is 3.81. The van der Waals surface area contributed by atoms with E-state index in [2.05, 4.69) is 4.74 Å². The molecule has 1 aromatic heterocycles. The molecule has 1 aliphatic rings. The highest BCUT2D eigenvalue weighted by Gasteiger charge is 2.44. The molecule has 0 bridgehead atoms. The van der Waals surface area contributed by atoms with Crippen LogP contribution in [-0.4, -0.2) is 48.8 Å². The fraction of sp³-hybridized carbons (Fsp3) is 0.500. The zero-order valence-corrected chi connectivity index (χ0v) is 15.1. The van der Waals surface area contributed by atoms with Gasteiger partial charge in [0, 0.05) is 20.6 Å². The second-order valence-corrected chi connectivity index (χ2v) is 7.57. The van der Waals surface area contributed by atoms with Crippen LogP contribution in [0.4, 0.5) is 4.39 Å². The van der Waals surface area contributed by atoms with Crippen molar-refractivity contribution in [3.05, 3.63) is 45.0 Å². The van der Waals surface area contributed by atoms with Crippen LogP contribution < -0.4 is 11.2 Å². The predicted octanol–water partition coefficient (Wildman–Crippen LogP) is 0.547. The number of methoxy groups -OCH3 is 1. The SMILES string of the molecule is COC(=O)C(O[C@@H]1C=C[C@H](n2cc(F)c(=O)[nH]c2=O)C1)P(=O)(OC)OC. The monoisotopic (exact) mass is 392 g/mol. The standard InChI is InChI=1S/C14H18FN2O8P/c1-22-12(19)13(26(21,23-2)24-3)25-9-5-4-8(6-9)17-7-10(15)11(18)16-14(17)20/h4-5,7-9,13H,6H2,1-3H3,(H,16,18,20)/t8-,9+,13?/m0/s1. The lowest BCUT2D eigenvalue weighted by Gasteiger charge is -2.25.